The number of aromatic nitrogens is 3. The van der Waals surface area contributed by atoms with Crippen LogP contribution in [0.1, 0.15) is 17.0 Å². The molecule has 2 aromatic heterocycles. The number of hydrogen-bond donors (Lipinski definition) is 1. The van der Waals surface area contributed by atoms with Gasteiger partial charge in [0.15, 0.2) is 0 Å². The van der Waals surface area contributed by atoms with Crippen molar-refractivity contribution in [3.8, 4) is 0 Å². The van der Waals surface area contributed by atoms with Crippen LogP contribution in [0.3, 0.4) is 0 Å². The Balaban J connectivity index is 2.08. The third kappa shape index (κ3) is 2.35. The van der Waals surface area contributed by atoms with E-state index in [1.807, 2.05) is 13.8 Å². The highest BCUT2D eigenvalue weighted by Crippen LogP contribution is 2.16. The van der Waals surface area contributed by atoms with E-state index in [-0.39, 0.29) is 12.3 Å². The van der Waals surface area contributed by atoms with Gasteiger partial charge in [0.2, 0.25) is 5.91 Å². The number of amides is 1. The van der Waals surface area contributed by atoms with Crippen LogP contribution >= 0.6 is 0 Å². The second-order valence-electron chi connectivity index (χ2n) is 3.90. The first-order chi connectivity index (χ1) is 8.08. The number of anilines is 1. The Hall–Kier alpha value is -2.11. The number of nitrogens with zero attached hydrogens (tertiary/aromatic N) is 3. The fraction of sp³-hybridized carbons (Fsp3) is 0.364. The van der Waals surface area contributed by atoms with Gasteiger partial charge in [0.1, 0.15) is 12.1 Å². The lowest BCUT2D eigenvalue weighted by atomic mass is 10.2. The van der Waals surface area contributed by atoms with Crippen LogP contribution < -0.4 is 5.32 Å². The van der Waals surface area contributed by atoms with Crippen LogP contribution in [0.25, 0.3) is 0 Å². The summed E-state index contributed by atoms with van der Waals surface area (Å²) in [7, 11) is 1.80. The Morgan fingerprint density at radius 3 is 2.82 bits per heavy atom. The number of nitrogens with one attached hydrogen (secondary N) is 1. The first kappa shape index (κ1) is 11.4. The van der Waals surface area contributed by atoms with Crippen LogP contribution in [-0.4, -0.2) is 20.8 Å². The molecule has 0 saturated heterocycles. The van der Waals surface area contributed by atoms with Crippen molar-refractivity contribution in [3.63, 3.8) is 0 Å². The van der Waals surface area contributed by atoms with Gasteiger partial charge in [0.05, 0.1) is 17.8 Å². The van der Waals surface area contributed by atoms with E-state index < -0.39 is 0 Å². The van der Waals surface area contributed by atoms with Crippen molar-refractivity contribution in [2.45, 2.75) is 20.3 Å². The number of aryl methyl sites for hydroxylation is 2. The number of carbonyl (C=O) groups excluding carboxylic acids is 1. The van der Waals surface area contributed by atoms with E-state index in [0.717, 1.165) is 17.1 Å². The largest absolute Gasteiger partial charge is 0.364 e. The molecule has 0 aliphatic carbocycles. The molecule has 0 saturated carbocycles. The molecule has 1 amide bonds. The molecular weight excluding hydrogens is 220 g/mol. The Morgan fingerprint density at radius 1 is 1.53 bits per heavy atom. The smallest absolute Gasteiger partial charge is 0.231 e. The Morgan fingerprint density at radius 2 is 2.29 bits per heavy atom. The fourth-order valence-electron chi connectivity index (χ4n) is 1.61. The minimum atomic E-state index is -0.134. The van der Waals surface area contributed by atoms with Gasteiger partial charge in [0.25, 0.3) is 0 Å². The first-order valence-electron chi connectivity index (χ1n) is 5.27. The molecule has 6 nitrogen and oxygen atoms in total. The monoisotopic (exact) mass is 234 g/mol. The lowest BCUT2D eigenvalue weighted by Crippen LogP contribution is -2.17. The van der Waals surface area contributed by atoms with E-state index in [1.165, 1.54) is 6.26 Å². The topological polar surface area (TPSA) is 73.0 Å². The van der Waals surface area contributed by atoms with Crippen LogP contribution in [0.4, 0.5) is 5.82 Å². The lowest BCUT2D eigenvalue weighted by molar-refractivity contribution is -0.115. The van der Waals surface area contributed by atoms with Crippen molar-refractivity contribution in [1.29, 1.82) is 0 Å². The molecule has 2 aromatic rings. The molecule has 0 aliphatic heterocycles. The van der Waals surface area contributed by atoms with Gasteiger partial charge >= 0.3 is 0 Å². The molecule has 0 unspecified atom stereocenters. The molecule has 0 bridgehead atoms. The minimum absolute atomic E-state index is 0.134. The van der Waals surface area contributed by atoms with E-state index >= 15 is 0 Å². The van der Waals surface area contributed by atoms with Crippen molar-refractivity contribution >= 4 is 11.7 Å². The fourth-order valence-corrected chi connectivity index (χ4v) is 1.61. The van der Waals surface area contributed by atoms with Crippen LogP contribution in [0.15, 0.2) is 16.9 Å². The molecule has 17 heavy (non-hydrogen) atoms. The molecule has 2 heterocycles. The van der Waals surface area contributed by atoms with Crippen molar-refractivity contribution in [1.82, 2.24) is 14.9 Å². The van der Waals surface area contributed by atoms with Crippen LogP contribution in [0, 0.1) is 13.8 Å². The minimum Gasteiger partial charge on any atom is -0.364 e. The normalized spacial score (nSPS) is 10.5. The summed E-state index contributed by atoms with van der Waals surface area (Å²) < 4.78 is 6.33. The molecule has 0 atom stereocenters. The number of rotatable bonds is 3. The van der Waals surface area contributed by atoms with Gasteiger partial charge in [-0.25, -0.2) is 0 Å². The quantitative estimate of drug-likeness (QED) is 0.866. The van der Waals surface area contributed by atoms with Crippen LogP contribution in [-0.2, 0) is 18.3 Å². The van der Waals surface area contributed by atoms with E-state index in [0.29, 0.717) is 5.69 Å². The predicted octanol–water partition coefficient (Wildman–Crippen LogP) is 1.21. The summed E-state index contributed by atoms with van der Waals surface area (Å²) >= 11 is 0. The Bertz CT molecular complexity index is 528. The summed E-state index contributed by atoms with van der Waals surface area (Å²) in [6.45, 7) is 3.83. The van der Waals surface area contributed by atoms with Crippen molar-refractivity contribution in [2.24, 2.45) is 7.05 Å². The van der Waals surface area contributed by atoms with Crippen molar-refractivity contribution in [3.05, 3.63) is 29.3 Å². The molecular formula is C11H14N4O2. The average molecular weight is 234 g/mol. The molecule has 0 radical (unpaired) electrons. The zero-order valence-corrected chi connectivity index (χ0v) is 10.0. The molecule has 90 valence electrons. The Labute approximate surface area is 98.6 Å². The molecule has 2 rings (SSSR count). The first-order valence-corrected chi connectivity index (χ1v) is 5.27. The highest BCUT2D eigenvalue weighted by molar-refractivity contribution is 5.91. The second-order valence-corrected chi connectivity index (χ2v) is 3.90. The van der Waals surface area contributed by atoms with Gasteiger partial charge in [-0.3, -0.25) is 9.48 Å². The maximum atomic E-state index is 11.8. The van der Waals surface area contributed by atoms with Gasteiger partial charge in [-0.15, -0.1) is 0 Å². The summed E-state index contributed by atoms with van der Waals surface area (Å²) in [5.41, 5.74) is 2.49. The van der Waals surface area contributed by atoms with E-state index in [9.17, 15) is 4.79 Å². The van der Waals surface area contributed by atoms with Gasteiger partial charge < -0.3 is 9.84 Å². The van der Waals surface area contributed by atoms with E-state index in [4.69, 9.17) is 0 Å². The molecule has 0 spiro atoms. The number of hydrogen-bond acceptors (Lipinski definition) is 4. The molecule has 1 N–H and O–H groups in total. The van der Waals surface area contributed by atoms with Gasteiger partial charge in [-0.05, 0) is 13.8 Å². The predicted molar refractivity (Wildman–Crippen MR) is 61.5 cm³/mol. The maximum absolute atomic E-state index is 11.8. The van der Waals surface area contributed by atoms with Gasteiger partial charge in [-0.2, -0.15) is 5.10 Å². The SMILES string of the molecule is Cc1nn(C)c(NC(=O)Cc2ccon2)c1C. The van der Waals surface area contributed by atoms with Gasteiger partial charge in [-0.1, -0.05) is 5.16 Å². The average Bonchev–Trinajstić information content (AvgIpc) is 2.83. The van der Waals surface area contributed by atoms with E-state index in [1.54, 1.807) is 17.8 Å². The molecule has 6 heteroatoms. The third-order valence-corrected chi connectivity index (χ3v) is 2.61. The third-order valence-electron chi connectivity index (χ3n) is 2.61. The van der Waals surface area contributed by atoms with Crippen LogP contribution in [0.2, 0.25) is 0 Å². The highest BCUT2D eigenvalue weighted by Gasteiger charge is 2.13. The standard InChI is InChI=1S/C11H14N4O2/c1-7-8(2)13-15(3)11(7)12-10(16)6-9-4-5-17-14-9/h4-5H,6H2,1-3H3,(H,12,16). The zero-order chi connectivity index (χ0) is 12.4. The van der Waals surface area contributed by atoms with Crippen molar-refractivity contribution < 1.29 is 9.32 Å². The summed E-state index contributed by atoms with van der Waals surface area (Å²) in [6, 6.07) is 1.67. The zero-order valence-electron chi connectivity index (χ0n) is 10.0. The summed E-state index contributed by atoms with van der Waals surface area (Å²) in [4.78, 5) is 11.8. The summed E-state index contributed by atoms with van der Waals surface area (Å²) in [5, 5.41) is 10.7. The van der Waals surface area contributed by atoms with Crippen molar-refractivity contribution in [2.75, 3.05) is 5.32 Å². The number of carbonyl (C=O) groups is 1. The molecule has 0 fully saturated rings. The second kappa shape index (κ2) is 4.40. The molecule has 0 aliphatic rings. The maximum Gasteiger partial charge on any atom is 0.231 e. The van der Waals surface area contributed by atoms with Crippen LogP contribution in [0.5, 0.6) is 0 Å². The summed E-state index contributed by atoms with van der Waals surface area (Å²) in [6.07, 6.45) is 1.64. The lowest BCUT2D eigenvalue weighted by Gasteiger charge is -2.05. The Kier molecular flexibility index (Phi) is 2.95. The summed E-state index contributed by atoms with van der Waals surface area (Å²) in [5.74, 6) is 0.584. The van der Waals surface area contributed by atoms with Gasteiger partial charge in [0, 0.05) is 18.7 Å². The van der Waals surface area contributed by atoms with E-state index in [2.05, 4.69) is 20.1 Å². The molecule has 0 aromatic carbocycles. The highest BCUT2D eigenvalue weighted by atomic mass is 16.5.